The van der Waals surface area contributed by atoms with E-state index < -0.39 is 0 Å². The third kappa shape index (κ3) is 12.9. The van der Waals surface area contributed by atoms with Crippen molar-refractivity contribution in [2.75, 3.05) is 13.1 Å². The van der Waals surface area contributed by atoms with Crippen molar-refractivity contribution in [3.8, 4) is 0 Å². The van der Waals surface area contributed by atoms with E-state index in [0.29, 0.717) is 0 Å². The van der Waals surface area contributed by atoms with Crippen molar-refractivity contribution in [3.63, 3.8) is 0 Å². The SMILES string of the molecule is CCCCCCCc1ccc(CNCC2CCCC(CNCc3ccc(CCCCCCC)cc3)C2)cc1. The maximum absolute atomic E-state index is 3.77. The average molecular weight is 519 g/mol. The van der Waals surface area contributed by atoms with E-state index >= 15 is 0 Å². The topological polar surface area (TPSA) is 24.1 Å². The summed E-state index contributed by atoms with van der Waals surface area (Å²) in [4.78, 5) is 0. The van der Waals surface area contributed by atoms with Gasteiger partial charge in [0, 0.05) is 13.1 Å². The van der Waals surface area contributed by atoms with Gasteiger partial charge in [0.25, 0.3) is 0 Å². The number of benzene rings is 2. The van der Waals surface area contributed by atoms with E-state index in [1.165, 1.54) is 125 Å². The number of nitrogens with one attached hydrogen (secondary N) is 2. The first-order valence-electron chi connectivity index (χ1n) is 16.3. The number of hydrogen-bond donors (Lipinski definition) is 2. The Hall–Kier alpha value is -1.64. The van der Waals surface area contributed by atoms with Crippen LogP contribution in [0.5, 0.6) is 0 Å². The molecule has 1 fully saturated rings. The normalized spacial score (nSPS) is 17.6. The van der Waals surface area contributed by atoms with Gasteiger partial charge in [-0.25, -0.2) is 0 Å². The van der Waals surface area contributed by atoms with Crippen LogP contribution in [0.3, 0.4) is 0 Å². The summed E-state index contributed by atoms with van der Waals surface area (Å²) in [6, 6.07) is 18.7. The van der Waals surface area contributed by atoms with E-state index in [1.807, 2.05) is 0 Å². The molecule has 38 heavy (non-hydrogen) atoms. The quantitative estimate of drug-likeness (QED) is 0.171. The lowest BCUT2D eigenvalue weighted by Crippen LogP contribution is -2.31. The highest BCUT2D eigenvalue weighted by Gasteiger charge is 2.21. The minimum absolute atomic E-state index is 0.828. The van der Waals surface area contributed by atoms with Crippen LogP contribution in [-0.2, 0) is 25.9 Å². The summed E-state index contributed by atoms with van der Waals surface area (Å²) in [5.74, 6) is 1.66. The molecule has 1 aliphatic rings. The standard InChI is InChI=1S/C36H58N2/c1-3-5-7-9-11-14-31-18-22-33(23-19-31)27-37-29-35-16-13-17-36(26-35)30-38-28-34-24-20-32(21-25-34)15-12-10-8-6-4-2/h18-25,35-38H,3-17,26-30H2,1-2H3. The molecule has 212 valence electrons. The summed E-state index contributed by atoms with van der Waals surface area (Å²) in [5, 5.41) is 7.54. The molecule has 0 saturated heterocycles. The van der Waals surface area contributed by atoms with Crippen LogP contribution in [0.4, 0.5) is 0 Å². The molecule has 2 nitrogen and oxygen atoms in total. The summed E-state index contributed by atoms with van der Waals surface area (Å²) < 4.78 is 0. The summed E-state index contributed by atoms with van der Waals surface area (Å²) in [6.07, 6.45) is 21.6. The molecule has 0 heterocycles. The van der Waals surface area contributed by atoms with Crippen molar-refractivity contribution in [1.82, 2.24) is 10.6 Å². The van der Waals surface area contributed by atoms with Crippen molar-refractivity contribution >= 4 is 0 Å². The zero-order chi connectivity index (χ0) is 26.7. The summed E-state index contributed by atoms with van der Waals surface area (Å²) >= 11 is 0. The van der Waals surface area contributed by atoms with E-state index in [1.54, 1.807) is 0 Å². The molecule has 2 aromatic rings. The Kier molecular flexibility index (Phi) is 15.8. The Morgan fingerprint density at radius 2 is 0.921 bits per heavy atom. The van der Waals surface area contributed by atoms with Crippen LogP contribution in [0.25, 0.3) is 0 Å². The highest BCUT2D eigenvalue weighted by atomic mass is 14.9. The van der Waals surface area contributed by atoms with Crippen molar-refractivity contribution in [3.05, 3.63) is 70.8 Å². The van der Waals surface area contributed by atoms with E-state index in [2.05, 4.69) is 73.0 Å². The van der Waals surface area contributed by atoms with Gasteiger partial charge >= 0.3 is 0 Å². The van der Waals surface area contributed by atoms with Crippen LogP contribution in [-0.4, -0.2) is 13.1 Å². The largest absolute Gasteiger partial charge is 0.312 e. The van der Waals surface area contributed by atoms with Gasteiger partial charge in [-0.1, -0.05) is 120 Å². The predicted molar refractivity (Wildman–Crippen MR) is 167 cm³/mol. The van der Waals surface area contributed by atoms with Gasteiger partial charge in [-0.05, 0) is 92.1 Å². The van der Waals surface area contributed by atoms with Crippen LogP contribution >= 0.6 is 0 Å². The molecule has 3 rings (SSSR count). The van der Waals surface area contributed by atoms with Gasteiger partial charge in [-0.15, -0.1) is 0 Å². The Morgan fingerprint density at radius 1 is 0.526 bits per heavy atom. The maximum atomic E-state index is 3.77. The van der Waals surface area contributed by atoms with E-state index in [0.717, 1.165) is 38.0 Å². The number of hydrogen-bond acceptors (Lipinski definition) is 2. The molecular formula is C36H58N2. The summed E-state index contributed by atoms with van der Waals surface area (Å²) in [5.41, 5.74) is 5.86. The number of rotatable bonds is 20. The molecular weight excluding hydrogens is 460 g/mol. The van der Waals surface area contributed by atoms with E-state index in [-0.39, 0.29) is 0 Å². The maximum Gasteiger partial charge on any atom is 0.0205 e. The number of unbranched alkanes of at least 4 members (excludes halogenated alkanes) is 8. The van der Waals surface area contributed by atoms with Crippen molar-refractivity contribution in [1.29, 1.82) is 0 Å². The fraction of sp³-hybridized carbons (Fsp3) is 0.667. The average Bonchev–Trinajstić information content (AvgIpc) is 2.95. The molecule has 0 bridgehead atoms. The predicted octanol–water partition coefficient (Wildman–Crippen LogP) is 9.40. The van der Waals surface area contributed by atoms with Crippen LogP contribution in [0.1, 0.15) is 126 Å². The molecule has 1 aliphatic carbocycles. The Balaban J connectivity index is 1.25. The molecule has 2 atom stereocenters. The summed E-state index contributed by atoms with van der Waals surface area (Å²) in [6.45, 7) is 8.91. The number of aryl methyl sites for hydroxylation is 2. The monoisotopic (exact) mass is 518 g/mol. The van der Waals surface area contributed by atoms with Crippen molar-refractivity contribution in [2.24, 2.45) is 11.8 Å². The second-order valence-electron chi connectivity index (χ2n) is 12.1. The molecule has 2 heteroatoms. The summed E-state index contributed by atoms with van der Waals surface area (Å²) in [7, 11) is 0. The molecule has 2 N–H and O–H groups in total. The van der Waals surface area contributed by atoms with Crippen LogP contribution < -0.4 is 10.6 Å². The Morgan fingerprint density at radius 3 is 1.34 bits per heavy atom. The van der Waals surface area contributed by atoms with Gasteiger partial charge in [0.1, 0.15) is 0 Å². The van der Waals surface area contributed by atoms with Crippen LogP contribution in [0, 0.1) is 11.8 Å². The molecule has 0 spiro atoms. The van der Waals surface area contributed by atoms with Crippen molar-refractivity contribution in [2.45, 2.75) is 130 Å². The van der Waals surface area contributed by atoms with Crippen LogP contribution in [0.15, 0.2) is 48.5 Å². The van der Waals surface area contributed by atoms with Gasteiger partial charge in [0.2, 0.25) is 0 Å². The van der Waals surface area contributed by atoms with Gasteiger partial charge < -0.3 is 10.6 Å². The smallest absolute Gasteiger partial charge is 0.0205 e. The third-order valence-corrected chi connectivity index (χ3v) is 8.60. The lowest BCUT2D eigenvalue weighted by Gasteiger charge is -2.29. The molecule has 0 aliphatic heterocycles. The molecule has 0 aromatic heterocycles. The minimum atomic E-state index is 0.828. The highest BCUT2D eigenvalue weighted by Crippen LogP contribution is 2.28. The minimum Gasteiger partial charge on any atom is -0.312 e. The first-order valence-corrected chi connectivity index (χ1v) is 16.3. The van der Waals surface area contributed by atoms with Gasteiger partial charge in [0.15, 0.2) is 0 Å². The van der Waals surface area contributed by atoms with E-state index in [4.69, 9.17) is 0 Å². The fourth-order valence-electron chi connectivity index (χ4n) is 6.13. The van der Waals surface area contributed by atoms with Gasteiger partial charge in [-0.3, -0.25) is 0 Å². The Bertz CT molecular complexity index is 756. The van der Waals surface area contributed by atoms with Crippen molar-refractivity contribution < 1.29 is 0 Å². The second kappa shape index (κ2) is 19.4. The molecule has 1 saturated carbocycles. The Labute approximate surface area is 235 Å². The lowest BCUT2D eigenvalue weighted by atomic mass is 9.81. The molecule has 2 unspecified atom stereocenters. The second-order valence-corrected chi connectivity index (χ2v) is 12.1. The molecule has 0 radical (unpaired) electrons. The highest BCUT2D eigenvalue weighted by molar-refractivity contribution is 5.23. The fourth-order valence-corrected chi connectivity index (χ4v) is 6.13. The van der Waals surface area contributed by atoms with Crippen LogP contribution in [0.2, 0.25) is 0 Å². The van der Waals surface area contributed by atoms with E-state index in [9.17, 15) is 0 Å². The first kappa shape index (κ1) is 30.9. The molecule has 2 aromatic carbocycles. The third-order valence-electron chi connectivity index (χ3n) is 8.60. The van der Waals surface area contributed by atoms with Gasteiger partial charge in [0.05, 0.1) is 0 Å². The first-order chi connectivity index (χ1) is 18.8. The lowest BCUT2D eigenvalue weighted by molar-refractivity contribution is 0.252. The molecule has 0 amide bonds. The zero-order valence-electron chi connectivity index (χ0n) is 24.9. The zero-order valence-corrected chi connectivity index (χ0v) is 24.9. The van der Waals surface area contributed by atoms with Gasteiger partial charge in [-0.2, -0.15) is 0 Å².